The third kappa shape index (κ3) is 6.59. The molecule has 0 saturated carbocycles. The minimum Gasteiger partial charge on any atom is -0.493 e. The van der Waals surface area contributed by atoms with E-state index >= 15 is 0 Å². The molecule has 3 aromatic rings. The number of methoxy groups -OCH3 is 2. The summed E-state index contributed by atoms with van der Waals surface area (Å²) in [5, 5.41) is 3.20. The number of ketones is 1. The highest BCUT2D eigenvalue weighted by Crippen LogP contribution is 2.27. The van der Waals surface area contributed by atoms with Gasteiger partial charge in [0.15, 0.2) is 23.9 Å². The van der Waals surface area contributed by atoms with E-state index in [2.05, 4.69) is 5.32 Å². The Labute approximate surface area is 202 Å². The minimum atomic E-state index is -1.01. The van der Waals surface area contributed by atoms with Gasteiger partial charge in [0.05, 0.1) is 14.2 Å². The molecule has 176 valence electrons. The molecule has 1 atom stereocenters. The van der Waals surface area contributed by atoms with E-state index < -0.39 is 24.5 Å². The summed E-state index contributed by atoms with van der Waals surface area (Å²) in [5.41, 5.74) is 1.47. The first kappa shape index (κ1) is 24.8. The van der Waals surface area contributed by atoms with Gasteiger partial charge in [0, 0.05) is 22.6 Å². The Bertz CT molecular complexity index is 1150. The fourth-order valence-corrected chi connectivity index (χ4v) is 3.34. The van der Waals surface area contributed by atoms with E-state index in [-0.39, 0.29) is 17.8 Å². The van der Waals surface area contributed by atoms with Crippen LogP contribution >= 0.6 is 11.6 Å². The average Bonchev–Trinajstić information content (AvgIpc) is 2.87. The second kappa shape index (κ2) is 11.9. The summed E-state index contributed by atoms with van der Waals surface area (Å²) in [4.78, 5) is 38.2. The van der Waals surface area contributed by atoms with Gasteiger partial charge in [-0.1, -0.05) is 41.9 Å². The Morgan fingerprint density at radius 1 is 0.853 bits per heavy atom. The summed E-state index contributed by atoms with van der Waals surface area (Å²) >= 11 is 5.85. The third-order valence-corrected chi connectivity index (χ3v) is 5.28. The number of hydrogen-bond donors (Lipinski definition) is 1. The molecule has 0 aliphatic rings. The molecule has 7 nitrogen and oxygen atoms in total. The Balaban J connectivity index is 1.73. The number of esters is 1. The standard InChI is InChI=1S/C26H24ClNO6/c1-32-23-13-10-19(15-24(23)33-2)25(30)28-21(14-17-6-4-3-5-7-17)26(31)34-16-22(29)18-8-11-20(27)12-9-18/h3-13,15,21H,14,16H2,1-2H3,(H,28,30)/t21-/m0/s1. The van der Waals surface area contributed by atoms with Gasteiger partial charge in [0.25, 0.3) is 5.91 Å². The fraction of sp³-hybridized carbons (Fsp3) is 0.192. The van der Waals surface area contributed by atoms with Crippen molar-refractivity contribution in [3.63, 3.8) is 0 Å². The zero-order chi connectivity index (χ0) is 24.5. The van der Waals surface area contributed by atoms with Gasteiger partial charge < -0.3 is 19.5 Å². The quantitative estimate of drug-likeness (QED) is 0.346. The Hall–Kier alpha value is -3.84. The number of Topliss-reactive ketones (excluding diaryl/α,β-unsaturated/α-hetero) is 1. The summed E-state index contributed by atoms with van der Waals surface area (Å²) in [6.07, 6.45) is 0.188. The van der Waals surface area contributed by atoms with Gasteiger partial charge in [0.2, 0.25) is 0 Å². The molecule has 3 aromatic carbocycles. The fourth-order valence-electron chi connectivity index (χ4n) is 3.22. The van der Waals surface area contributed by atoms with Crippen LogP contribution in [0.1, 0.15) is 26.3 Å². The number of hydrogen-bond acceptors (Lipinski definition) is 6. The molecule has 1 N–H and O–H groups in total. The number of amides is 1. The van der Waals surface area contributed by atoms with Crippen molar-refractivity contribution in [2.75, 3.05) is 20.8 Å². The lowest BCUT2D eigenvalue weighted by atomic mass is 10.1. The molecular formula is C26H24ClNO6. The molecular weight excluding hydrogens is 458 g/mol. The predicted octanol–water partition coefficient (Wildman–Crippen LogP) is 4.12. The molecule has 0 spiro atoms. The maximum atomic E-state index is 12.9. The molecule has 0 aromatic heterocycles. The lowest BCUT2D eigenvalue weighted by Gasteiger charge is -2.18. The number of carbonyl (C=O) groups excluding carboxylic acids is 3. The summed E-state index contributed by atoms with van der Waals surface area (Å²) in [6, 6.07) is 19.1. The second-order valence-electron chi connectivity index (χ2n) is 7.32. The van der Waals surface area contributed by atoms with Gasteiger partial charge >= 0.3 is 5.97 Å². The van der Waals surface area contributed by atoms with E-state index in [1.54, 1.807) is 36.4 Å². The monoisotopic (exact) mass is 481 g/mol. The molecule has 0 radical (unpaired) electrons. The highest BCUT2D eigenvalue weighted by Gasteiger charge is 2.25. The highest BCUT2D eigenvalue weighted by molar-refractivity contribution is 6.30. The Morgan fingerprint density at radius 2 is 1.50 bits per heavy atom. The van der Waals surface area contributed by atoms with E-state index in [0.29, 0.717) is 22.1 Å². The van der Waals surface area contributed by atoms with Gasteiger partial charge in [-0.25, -0.2) is 4.79 Å². The smallest absolute Gasteiger partial charge is 0.329 e. The number of nitrogens with one attached hydrogen (secondary N) is 1. The normalized spacial score (nSPS) is 11.3. The van der Waals surface area contributed by atoms with Crippen molar-refractivity contribution in [1.29, 1.82) is 0 Å². The van der Waals surface area contributed by atoms with Crippen molar-refractivity contribution in [3.8, 4) is 11.5 Å². The van der Waals surface area contributed by atoms with E-state index in [1.807, 2.05) is 30.3 Å². The van der Waals surface area contributed by atoms with Crippen LogP contribution in [0, 0.1) is 0 Å². The van der Waals surface area contributed by atoms with Crippen molar-refractivity contribution < 1.29 is 28.6 Å². The number of halogens is 1. The van der Waals surface area contributed by atoms with Crippen LogP contribution < -0.4 is 14.8 Å². The topological polar surface area (TPSA) is 90.9 Å². The van der Waals surface area contributed by atoms with Gasteiger partial charge in [-0.15, -0.1) is 0 Å². The third-order valence-electron chi connectivity index (χ3n) is 5.03. The molecule has 0 heterocycles. The molecule has 1 amide bonds. The van der Waals surface area contributed by atoms with Gasteiger partial charge in [-0.05, 0) is 48.0 Å². The van der Waals surface area contributed by atoms with E-state index in [9.17, 15) is 14.4 Å². The highest BCUT2D eigenvalue weighted by atomic mass is 35.5. The molecule has 0 saturated heterocycles. The predicted molar refractivity (Wildman–Crippen MR) is 128 cm³/mol. The lowest BCUT2D eigenvalue weighted by molar-refractivity contribution is -0.144. The van der Waals surface area contributed by atoms with Crippen LogP contribution in [-0.2, 0) is 16.0 Å². The van der Waals surface area contributed by atoms with Gasteiger partial charge in [-0.2, -0.15) is 0 Å². The van der Waals surface area contributed by atoms with Gasteiger partial charge in [-0.3, -0.25) is 9.59 Å². The average molecular weight is 482 g/mol. The first-order valence-corrected chi connectivity index (χ1v) is 10.8. The van der Waals surface area contributed by atoms with Crippen molar-refractivity contribution in [2.24, 2.45) is 0 Å². The van der Waals surface area contributed by atoms with Crippen LogP contribution in [0.4, 0.5) is 0 Å². The molecule has 0 bridgehead atoms. The Morgan fingerprint density at radius 3 is 2.15 bits per heavy atom. The first-order chi connectivity index (χ1) is 16.4. The molecule has 8 heteroatoms. The summed E-state index contributed by atoms with van der Waals surface area (Å²) in [7, 11) is 2.96. The van der Waals surface area contributed by atoms with Crippen molar-refractivity contribution in [3.05, 3.63) is 94.5 Å². The lowest BCUT2D eigenvalue weighted by Crippen LogP contribution is -2.43. The van der Waals surface area contributed by atoms with Crippen molar-refractivity contribution in [2.45, 2.75) is 12.5 Å². The van der Waals surface area contributed by atoms with Crippen LogP contribution in [-0.4, -0.2) is 44.5 Å². The zero-order valence-corrected chi connectivity index (χ0v) is 19.5. The molecule has 0 aliphatic heterocycles. The maximum Gasteiger partial charge on any atom is 0.329 e. The van der Waals surface area contributed by atoms with E-state index in [4.69, 9.17) is 25.8 Å². The Kier molecular flexibility index (Phi) is 8.65. The van der Waals surface area contributed by atoms with Gasteiger partial charge in [0.1, 0.15) is 6.04 Å². The van der Waals surface area contributed by atoms with E-state index in [0.717, 1.165) is 5.56 Å². The molecule has 0 unspecified atom stereocenters. The second-order valence-corrected chi connectivity index (χ2v) is 7.76. The van der Waals surface area contributed by atoms with Crippen LogP contribution in [0.15, 0.2) is 72.8 Å². The number of rotatable bonds is 10. The van der Waals surface area contributed by atoms with Crippen LogP contribution in [0.2, 0.25) is 5.02 Å². The van der Waals surface area contributed by atoms with Crippen molar-refractivity contribution >= 4 is 29.3 Å². The summed E-state index contributed by atoms with van der Waals surface area (Å²) in [6.45, 7) is -0.460. The largest absolute Gasteiger partial charge is 0.493 e. The number of ether oxygens (including phenoxy) is 3. The maximum absolute atomic E-state index is 12.9. The molecule has 34 heavy (non-hydrogen) atoms. The number of carbonyl (C=O) groups is 3. The SMILES string of the molecule is COc1ccc(C(=O)N[C@@H](Cc2ccccc2)C(=O)OCC(=O)c2ccc(Cl)cc2)cc1OC. The van der Waals surface area contributed by atoms with Crippen LogP contribution in [0.25, 0.3) is 0 Å². The first-order valence-electron chi connectivity index (χ1n) is 10.4. The number of benzene rings is 3. The molecule has 3 rings (SSSR count). The zero-order valence-electron chi connectivity index (χ0n) is 18.7. The van der Waals surface area contributed by atoms with Crippen LogP contribution in [0.5, 0.6) is 11.5 Å². The van der Waals surface area contributed by atoms with Crippen LogP contribution in [0.3, 0.4) is 0 Å². The molecule has 0 aliphatic carbocycles. The minimum absolute atomic E-state index is 0.188. The van der Waals surface area contributed by atoms with Crippen molar-refractivity contribution in [1.82, 2.24) is 5.32 Å². The molecule has 0 fully saturated rings. The summed E-state index contributed by atoms with van der Waals surface area (Å²) in [5.74, 6) is -0.747. The van der Waals surface area contributed by atoms with E-state index in [1.165, 1.54) is 20.3 Å². The summed E-state index contributed by atoms with van der Waals surface area (Å²) < 4.78 is 15.7.